The van der Waals surface area contributed by atoms with Crippen molar-refractivity contribution in [3.05, 3.63) is 17.5 Å². The summed E-state index contributed by atoms with van der Waals surface area (Å²) in [4.78, 5) is 0. The molecule has 4 nitrogen and oxygen atoms in total. The van der Waals surface area contributed by atoms with Crippen LogP contribution in [0.25, 0.3) is 0 Å². The van der Waals surface area contributed by atoms with E-state index in [0.717, 1.165) is 5.69 Å². The fourth-order valence-electron chi connectivity index (χ4n) is 0.897. The minimum atomic E-state index is -0.554. The summed E-state index contributed by atoms with van der Waals surface area (Å²) in [5, 5.41) is 3.77. The van der Waals surface area contributed by atoms with Gasteiger partial charge in [-0.05, 0) is 13.8 Å². The molecule has 0 saturated carbocycles. The molecule has 0 amide bonds. The first kappa shape index (κ1) is 9.22. The van der Waals surface area contributed by atoms with Gasteiger partial charge in [-0.25, -0.2) is 0 Å². The van der Waals surface area contributed by atoms with Crippen LogP contribution in [0.2, 0.25) is 0 Å². The summed E-state index contributed by atoms with van der Waals surface area (Å²) in [6.45, 7) is 4.10. The number of hydrogen-bond acceptors (Lipinski definition) is 4. The lowest BCUT2D eigenvalue weighted by atomic mass is 10.0. The van der Waals surface area contributed by atoms with Crippen LogP contribution in [-0.2, 0) is 10.3 Å². The second-order valence-electron chi connectivity index (χ2n) is 2.97. The molecule has 0 saturated heterocycles. The maximum atomic E-state index is 5.55. The molecule has 0 aromatic carbocycles. The monoisotopic (exact) mass is 170 g/mol. The van der Waals surface area contributed by atoms with Crippen LogP contribution in [-0.4, -0.2) is 18.8 Å². The number of nitrogens with zero attached hydrogens (tertiary/aromatic N) is 1. The van der Waals surface area contributed by atoms with Crippen LogP contribution in [0.4, 0.5) is 0 Å². The van der Waals surface area contributed by atoms with E-state index in [1.165, 1.54) is 0 Å². The Kier molecular flexibility index (Phi) is 2.49. The van der Waals surface area contributed by atoms with E-state index in [2.05, 4.69) is 5.16 Å². The fourth-order valence-corrected chi connectivity index (χ4v) is 0.897. The number of ether oxygens (including phenoxy) is 1. The molecule has 2 N–H and O–H groups in total. The Morgan fingerprint density at radius 1 is 1.75 bits per heavy atom. The SMILES string of the molecule is COC(C)(CN)c1cc(C)no1. The Morgan fingerprint density at radius 3 is 2.75 bits per heavy atom. The minimum Gasteiger partial charge on any atom is -0.369 e. The van der Waals surface area contributed by atoms with Gasteiger partial charge in [0.25, 0.3) is 0 Å². The van der Waals surface area contributed by atoms with Crippen LogP contribution >= 0.6 is 0 Å². The standard InChI is InChI=1S/C8H14N2O2/c1-6-4-7(12-10-6)8(2,5-9)11-3/h4H,5,9H2,1-3H3. The predicted octanol–water partition coefficient (Wildman–Crippen LogP) is 0.803. The van der Waals surface area contributed by atoms with Crippen molar-refractivity contribution in [1.29, 1.82) is 0 Å². The Bertz CT molecular complexity index is 253. The smallest absolute Gasteiger partial charge is 0.169 e. The van der Waals surface area contributed by atoms with E-state index < -0.39 is 5.60 Å². The molecule has 0 spiro atoms. The van der Waals surface area contributed by atoms with E-state index in [-0.39, 0.29) is 0 Å². The third-order valence-corrected chi connectivity index (χ3v) is 1.99. The molecule has 0 aliphatic heterocycles. The molecule has 1 unspecified atom stereocenters. The van der Waals surface area contributed by atoms with Crippen LogP contribution in [0.5, 0.6) is 0 Å². The van der Waals surface area contributed by atoms with E-state index in [9.17, 15) is 0 Å². The number of rotatable bonds is 3. The summed E-state index contributed by atoms with van der Waals surface area (Å²) in [6.07, 6.45) is 0. The zero-order valence-electron chi connectivity index (χ0n) is 7.63. The minimum absolute atomic E-state index is 0.373. The lowest BCUT2D eigenvalue weighted by Crippen LogP contribution is -2.33. The molecule has 1 atom stereocenters. The zero-order chi connectivity index (χ0) is 9.19. The van der Waals surface area contributed by atoms with E-state index in [4.69, 9.17) is 15.0 Å². The zero-order valence-corrected chi connectivity index (χ0v) is 7.63. The molecule has 68 valence electrons. The average Bonchev–Trinajstić information content (AvgIpc) is 2.51. The molecule has 4 heteroatoms. The maximum Gasteiger partial charge on any atom is 0.169 e. The average molecular weight is 170 g/mol. The van der Waals surface area contributed by atoms with Crippen molar-refractivity contribution >= 4 is 0 Å². The van der Waals surface area contributed by atoms with Crippen LogP contribution in [0, 0.1) is 6.92 Å². The molecule has 12 heavy (non-hydrogen) atoms. The molecule has 0 aliphatic rings. The van der Waals surface area contributed by atoms with Gasteiger partial charge in [0.15, 0.2) is 5.76 Å². The van der Waals surface area contributed by atoms with Gasteiger partial charge in [0.2, 0.25) is 0 Å². The van der Waals surface area contributed by atoms with E-state index in [0.29, 0.717) is 12.3 Å². The highest BCUT2D eigenvalue weighted by molar-refractivity contribution is 5.11. The second kappa shape index (κ2) is 3.25. The summed E-state index contributed by atoms with van der Waals surface area (Å²) >= 11 is 0. The van der Waals surface area contributed by atoms with Gasteiger partial charge in [-0.2, -0.15) is 0 Å². The largest absolute Gasteiger partial charge is 0.369 e. The lowest BCUT2D eigenvalue weighted by molar-refractivity contribution is -0.0120. The van der Waals surface area contributed by atoms with Gasteiger partial charge in [-0.1, -0.05) is 5.16 Å². The maximum absolute atomic E-state index is 5.55. The van der Waals surface area contributed by atoms with Gasteiger partial charge >= 0.3 is 0 Å². The summed E-state index contributed by atoms with van der Waals surface area (Å²) in [5.74, 6) is 0.671. The van der Waals surface area contributed by atoms with E-state index >= 15 is 0 Å². The quantitative estimate of drug-likeness (QED) is 0.729. The summed E-state index contributed by atoms with van der Waals surface area (Å²) in [7, 11) is 1.60. The van der Waals surface area contributed by atoms with Crippen molar-refractivity contribution < 1.29 is 9.26 Å². The van der Waals surface area contributed by atoms with Crippen LogP contribution in [0.15, 0.2) is 10.6 Å². The molecule has 0 fully saturated rings. The molecular formula is C8H14N2O2. The van der Waals surface area contributed by atoms with Gasteiger partial charge in [0.05, 0.1) is 5.69 Å². The Labute approximate surface area is 71.7 Å². The molecule has 0 aliphatic carbocycles. The highest BCUT2D eigenvalue weighted by atomic mass is 16.5. The number of aromatic nitrogens is 1. The predicted molar refractivity (Wildman–Crippen MR) is 44.7 cm³/mol. The lowest BCUT2D eigenvalue weighted by Gasteiger charge is -2.22. The summed E-state index contributed by atoms with van der Waals surface area (Å²) in [6, 6.07) is 1.83. The second-order valence-corrected chi connectivity index (χ2v) is 2.97. The van der Waals surface area contributed by atoms with Crippen molar-refractivity contribution in [2.24, 2.45) is 5.73 Å². The Morgan fingerprint density at radius 2 is 2.42 bits per heavy atom. The topological polar surface area (TPSA) is 61.3 Å². The van der Waals surface area contributed by atoms with Gasteiger partial charge in [-0.15, -0.1) is 0 Å². The van der Waals surface area contributed by atoms with Crippen molar-refractivity contribution in [3.63, 3.8) is 0 Å². The summed E-state index contributed by atoms with van der Waals surface area (Å²) in [5.41, 5.74) is 5.83. The van der Waals surface area contributed by atoms with Gasteiger partial charge < -0.3 is 15.0 Å². The van der Waals surface area contributed by atoms with Crippen molar-refractivity contribution in [1.82, 2.24) is 5.16 Å². The van der Waals surface area contributed by atoms with Crippen LogP contribution in [0.3, 0.4) is 0 Å². The summed E-state index contributed by atoms with van der Waals surface area (Å²) < 4.78 is 10.3. The fraction of sp³-hybridized carbons (Fsp3) is 0.625. The van der Waals surface area contributed by atoms with Crippen molar-refractivity contribution in [3.8, 4) is 0 Å². The van der Waals surface area contributed by atoms with Gasteiger partial charge in [0, 0.05) is 19.7 Å². The molecular weight excluding hydrogens is 156 g/mol. The Balaban J connectivity index is 2.94. The third-order valence-electron chi connectivity index (χ3n) is 1.99. The molecule has 1 aromatic heterocycles. The first-order chi connectivity index (χ1) is 5.62. The van der Waals surface area contributed by atoms with Crippen LogP contribution < -0.4 is 5.73 Å². The Hall–Kier alpha value is -0.870. The molecule has 1 aromatic rings. The number of aryl methyl sites for hydroxylation is 1. The van der Waals surface area contributed by atoms with Gasteiger partial charge in [-0.3, -0.25) is 0 Å². The van der Waals surface area contributed by atoms with E-state index in [1.807, 2.05) is 19.9 Å². The number of nitrogens with two attached hydrogens (primary N) is 1. The van der Waals surface area contributed by atoms with E-state index in [1.54, 1.807) is 7.11 Å². The van der Waals surface area contributed by atoms with Crippen molar-refractivity contribution in [2.45, 2.75) is 19.4 Å². The molecule has 0 bridgehead atoms. The van der Waals surface area contributed by atoms with Crippen LogP contribution in [0.1, 0.15) is 18.4 Å². The number of hydrogen-bond donors (Lipinski definition) is 1. The van der Waals surface area contributed by atoms with Gasteiger partial charge in [0.1, 0.15) is 5.60 Å². The molecule has 1 rings (SSSR count). The highest BCUT2D eigenvalue weighted by Crippen LogP contribution is 2.23. The number of methoxy groups -OCH3 is 1. The van der Waals surface area contributed by atoms with Crippen molar-refractivity contribution in [2.75, 3.05) is 13.7 Å². The molecule has 1 heterocycles. The normalized spacial score (nSPS) is 16.0. The first-order valence-electron chi connectivity index (χ1n) is 3.81. The first-order valence-corrected chi connectivity index (χ1v) is 3.81. The molecule has 0 radical (unpaired) electrons. The highest BCUT2D eigenvalue weighted by Gasteiger charge is 2.28. The third kappa shape index (κ3) is 1.49.